The number of hydrogen-bond donors (Lipinski definition) is 2. The largest absolute Gasteiger partial charge is 0.481 e. The van der Waals surface area contributed by atoms with Gasteiger partial charge in [-0.25, -0.2) is 0 Å². The van der Waals surface area contributed by atoms with Crippen LogP contribution in [0.3, 0.4) is 0 Å². The Morgan fingerprint density at radius 3 is 2.05 bits per heavy atom. The van der Waals surface area contributed by atoms with Gasteiger partial charge >= 0.3 is 5.97 Å². The number of carboxylic acid groups (broad SMARTS) is 1. The number of unbranched alkanes of at least 4 members (excludes halogenated alkanes) is 6. The standard InChI is InChI=1S/C16H31NO3/c1-4-5-6-7-8-9-10-11-15(18)17-14(13(2)3)12-16(19)20/h13-14H,4-12H2,1-3H3,(H,17,18)(H,19,20). The van der Waals surface area contributed by atoms with Crippen LogP contribution in [0.1, 0.15) is 78.6 Å². The van der Waals surface area contributed by atoms with Gasteiger partial charge in [0.1, 0.15) is 0 Å². The van der Waals surface area contributed by atoms with Crippen molar-refractivity contribution in [2.75, 3.05) is 0 Å². The van der Waals surface area contributed by atoms with Crippen molar-refractivity contribution in [1.82, 2.24) is 5.32 Å². The minimum atomic E-state index is -0.861. The second-order valence-corrected chi connectivity index (χ2v) is 5.89. The van der Waals surface area contributed by atoms with Crippen LogP contribution in [-0.2, 0) is 9.59 Å². The average Bonchev–Trinajstić information content (AvgIpc) is 2.36. The van der Waals surface area contributed by atoms with Crippen molar-refractivity contribution in [2.45, 2.75) is 84.6 Å². The van der Waals surface area contributed by atoms with Crippen LogP contribution in [-0.4, -0.2) is 23.0 Å². The summed E-state index contributed by atoms with van der Waals surface area (Å²) in [4.78, 5) is 22.5. The van der Waals surface area contributed by atoms with Crippen LogP contribution in [0, 0.1) is 5.92 Å². The molecule has 20 heavy (non-hydrogen) atoms. The first-order valence-electron chi connectivity index (χ1n) is 7.98. The van der Waals surface area contributed by atoms with Gasteiger partial charge in [-0.3, -0.25) is 9.59 Å². The number of aliphatic carboxylic acids is 1. The van der Waals surface area contributed by atoms with E-state index in [9.17, 15) is 9.59 Å². The average molecular weight is 285 g/mol. The molecular formula is C16H31NO3. The van der Waals surface area contributed by atoms with Gasteiger partial charge in [0.05, 0.1) is 6.42 Å². The van der Waals surface area contributed by atoms with Gasteiger partial charge in [-0.1, -0.05) is 59.3 Å². The van der Waals surface area contributed by atoms with Crippen molar-refractivity contribution >= 4 is 11.9 Å². The zero-order valence-corrected chi connectivity index (χ0v) is 13.3. The molecule has 0 saturated carbocycles. The number of hydrogen-bond acceptors (Lipinski definition) is 2. The van der Waals surface area contributed by atoms with E-state index in [1.54, 1.807) is 0 Å². The third kappa shape index (κ3) is 10.8. The predicted molar refractivity (Wildman–Crippen MR) is 81.6 cm³/mol. The second-order valence-electron chi connectivity index (χ2n) is 5.89. The normalized spacial score (nSPS) is 12.4. The highest BCUT2D eigenvalue weighted by Gasteiger charge is 2.18. The Bertz CT molecular complexity index is 277. The summed E-state index contributed by atoms with van der Waals surface area (Å²) in [6.45, 7) is 6.07. The maximum atomic E-state index is 11.8. The Morgan fingerprint density at radius 1 is 1.00 bits per heavy atom. The van der Waals surface area contributed by atoms with E-state index in [4.69, 9.17) is 5.11 Å². The van der Waals surface area contributed by atoms with E-state index in [2.05, 4.69) is 12.2 Å². The van der Waals surface area contributed by atoms with Crippen molar-refractivity contribution in [3.8, 4) is 0 Å². The van der Waals surface area contributed by atoms with E-state index in [1.807, 2.05) is 13.8 Å². The smallest absolute Gasteiger partial charge is 0.305 e. The van der Waals surface area contributed by atoms with Gasteiger partial charge in [0.15, 0.2) is 0 Å². The highest BCUT2D eigenvalue weighted by molar-refractivity contribution is 5.77. The van der Waals surface area contributed by atoms with Crippen molar-refractivity contribution in [3.05, 3.63) is 0 Å². The molecule has 0 fully saturated rings. The quantitative estimate of drug-likeness (QED) is 0.537. The molecule has 0 rings (SSSR count). The molecule has 0 aromatic heterocycles. The summed E-state index contributed by atoms with van der Waals surface area (Å²) in [7, 11) is 0. The molecule has 0 bridgehead atoms. The Hall–Kier alpha value is -1.06. The minimum absolute atomic E-state index is 0.000421. The van der Waals surface area contributed by atoms with Crippen molar-refractivity contribution in [1.29, 1.82) is 0 Å². The first-order chi connectivity index (χ1) is 9.47. The summed E-state index contributed by atoms with van der Waals surface area (Å²) in [5.74, 6) is -0.734. The Morgan fingerprint density at radius 2 is 1.55 bits per heavy atom. The molecule has 0 radical (unpaired) electrons. The zero-order valence-electron chi connectivity index (χ0n) is 13.3. The fraction of sp³-hybridized carbons (Fsp3) is 0.875. The Labute approximate surface area is 123 Å². The van der Waals surface area contributed by atoms with E-state index in [0.29, 0.717) is 6.42 Å². The summed E-state index contributed by atoms with van der Waals surface area (Å²) in [6, 6.07) is -0.260. The molecule has 0 aliphatic carbocycles. The van der Waals surface area contributed by atoms with Crippen molar-refractivity contribution in [2.24, 2.45) is 5.92 Å². The molecule has 4 heteroatoms. The number of amides is 1. The number of rotatable bonds is 12. The van der Waals surface area contributed by atoms with E-state index in [-0.39, 0.29) is 24.3 Å². The maximum Gasteiger partial charge on any atom is 0.305 e. The van der Waals surface area contributed by atoms with E-state index in [0.717, 1.165) is 12.8 Å². The molecule has 1 atom stereocenters. The van der Waals surface area contributed by atoms with Crippen LogP contribution >= 0.6 is 0 Å². The number of carbonyl (C=O) groups is 2. The van der Waals surface area contributed by atoms with Gasteiger partial charge in [0, 0.05) is 12.5 Å². The van der Waals surface area contributed by atoms with Crippen molar-refractivity contribution < 1.29 is 14.7 Å². The first kappa shape index (κ1) is 18.9. The van der Waals surface area contributed by atoms with Crippen LogP contribution in [0.25, 0.3) is 0 Å². The third-order valence-corrected chi connectivity index (χ3v) is 3.55. The Balaban J connectivity index is 3.72. The molecule has 1 amide bonds. The van der Waals surface area contributed by atoms with Crippen LogP contribution in [0.15, 0.2) is 0 Å². The molecule has 0 aliphatic heterocycles. The maximum absolute atomic E-state index is 11.8. The van der Waals surface area contributed by atoms with Crippen LogP contribution in [0.4, 0.5) is 0 Å². The lowest BCUT2D eigenvalue weighted by Crippen LogP contribution is -2.39. The predicted octanol–water partition coefficient (Wildman–Crippen LogP) is 3.74. The summed E-state index contributed by atoms with van der Waals surface area (Å²) in [5.41, 5.74) is 0. The van der Waals surface area contributed by atoms with Gasteiger partial charge in [0.2, 0.25) is 5.91 Å². The zero-order chi connectivity index (χ0) is 15.4. The molecular weight excluding hydrogens is 254 g/mol. The highest BCUT2D eigenvalue weighted by Crippen LogP contribution is 2.10. The fourth-order valence-corrected chi connectivity index (χ4v) is 2.16. The lowest BCUT2D eigenvalue weighted by molar-refractivity contribution is -0.138. The van der Waals surface area contributed by atoms with E-state index < -0.39 is 5.97 Å². The van der Waals surface area contributed by atoms with Crippen molar-refractivity contribution in [3.63, 3.8) is 0 Å². The summed E-state index contributed by atoms with van der Waals surface area (Å²) in [6.07, 6.45) is 8.78. The number of carbonyl (C=O) groups excluding carboxylic acids is 1. The lowest BCUT2D eigenvalue weighted by atomic mass is 10.0. The van der Waals surface area contributed by atoms with Gasteiger partial charge in [-0.05, 0) is 12.3 Å². The molecule has 1 unspecified atom stereocenters. The summed E-state index contributed by atoms with van der Waals surface area (Å²) < 4.78 is 0. The van der Waals surface area contributed by atoms with Crippen LogP contribution in [0.2, 0.25) is 0 Å². The highest BCUT2D eigenvalue weighted by atomic mass is 16.4. The SMILES string of the molecule is CCCCCCCCCC(=O)NC(CC(=O)O)C(C)C. The summed E-state index contributed by atoms with van der Waals surface area (Å²) in [5, 5.41) is 11.7. The van der Waals surface area contributed by atoms with E-state index in [1.165, 1.54) is 32.1 Å². The Kier molecular flexibility index (Phi) is 11.1. The van der Waals surface area contributed by atoms with Crippen LogP contribution < -0.4 is 5.32 Å². The molecule has 0 spiro atoms. The third-order valence-electron chi connectivity index (χ3n) is 3.55. The number of nitrogens with one attached hydrogen (secondary N) is 1. The molecule has 118 valence electrons. The molecule has 4 nitrogen and oxygen atoms in total. The molecule has 0 saturated heterocycles. The molecule has 0 aromatic rings. The fourth-order valence-electron chi connectivity index (χ4n) is 2.16. The lowest BCUT2D eigenvalue weighted by Gasteiger charge is -2.20. The van der Waals surface area contributed by atoms with Gasteiger partial charge in [0.25, 0.3) is 0 Å². The summed E-state index contributed by atoms with van der Waals surface area (Å²) >= 11 is 0. The van der Waals surface area contributed by atoms with Gasteiger partial charge in [-0.15, -0.1) is 0 Å². The van der Waals surface area contributed by atoms with Gasteiger partial charge < -0.3 is 10.4 Å². The second kappa shape index (κ2) is 11.7. The van der Waals surface area contributed by atoms with Crippen LogP contribution in [0.5, 0.6) is 0 Å². The topological polar surface area (TPSA) is 66.4 Å². The molecule has 2 N–H and O–H groups in total. The first-order valence-corrected chi connectivity index (χ1v) is 7.98. The molecule has 0 heterocycles. The molecule has 0 aromatic carbocycles. The minimum Gasteiger partial charge on any atom is -0.481 e. The van der Waals surface area contributed by atoms with Gasteiger partial charge in [-0.2, -0.15) is 0 Å². The molecule has 0 aliphatic rings. The van der Waals surface area contributed by atoms with E-state index >= 15 is 0 Å². The number of carboxylic acids is 1. The monoisotopic (exact) mass is 285 g/mol.